The van der Waals surface area contributed by atoms with Gasteiger partial charge in [-0.05, 0) is 25.0 Å². The Kier molecular flexibility index (Phi) is 4.07. The number of nitrogens with zero attached hydrogens (tertiary/aromatic N) is 1. The predicted molar refractivity (Wildman–Crippen MR) is 70.6 cm³/mol. The monoisotopic (exact) mass is 249 g/mol. The smallest absolute Gasteiger partial charge is 0.339 e. The number of rotatable bonds is 3. The molecule has 98 valence electrons. The highest BCUT2D eigenvalue weighted by Gasteiger charge is 2.15. The number of aromatic carboxylic acids is 1. The standard InChI is InChI=1S/C14H19NO3/c1-18-13-10-11(6-7-12(13)14(16)17)15-8-4-2-3-5-9-15/h6-7,10H,2-5,8-9H2,1H3,(H,16,17). The van der Waals surface area contributed by atoms with Gasteiger partial charge in [-0.2, -0.15) is 0 Å². The molecule has 0 aliphatic carbocycles. The Hall–Kier alpha value is -1.71. The molecule has 4 nitrogen and oxygen atoms in total. The number of ether oxygens (including phenoxy) is 1. The van der Waals surface area contributed by atoms with Crippen LogP contribution in [0, 0.1) is 0 Å². The maximum atomic E-state index is 11.0. The van der Waals surface area contributed by atoms with Crippen LogP contribution in [0.1, 0.15) is 36.0 Å². The third-order valence-corrected chi connectivity index (χ3v) is 3.39. The van der Waals surface area contributed by atoms with Crippen LogP contribution in [-0.4, -0.2) is 31.3 Å². The van der Waals surface area contributed by atoms with E-state index >= 15 is 0 Å². The number of carbonyl (C=O) groups is 1. The van der Waals surface area contributed by atoms with Gasteiger partial charge in [-0.25, -0.2) is 4.79 Å². The second kappa shape index (κ2) is 5.76. The van der Waals surface area contributed by atoms with Gasteiger partial charge in [-0.1, -0.05) is 12.8 Å². The summed E-state index contributed by atoms with van der Waals surface area (Å²) < 4.78 is 5.16. The molecule has 2 rings (SSSR count). The van der Waals surface area contributed by atoms with Crippen LogP contribution in [0.5, 0.6) is 5.75 Å². The molecule has 0 atom stereocenters. The predicted octanol–water partition coefficient (Wildman–Crippen LogP) is 2.77. The average molecular weight is 249 g/mol. The van der Waals surface area contributed by atoms with E-state index < -0.39 is 5.97 Å². The highest BCUT2D eigenvalue weighted by atomic mass is 16.5. The first-order chi connectivity index (χ1) is 8.72. The van der Waals surface area contributed by atoms with Gasteiger partial charge >= 0.3 is 5.97 Å². The van der Waals surface area contributed by atoms with Gasteiger partial charge in [-0.15, -0.1) is 0 Å². The molecule has 1 aliphatic heterocycles. The highest BCUT2D eigenvalue weighted by Crippen LogP contribution is 2.27. The lowest BCUT2D eigenvalue weighted by Gasteiger charge is -2.23. The molecule has 0 spiro atoms. The zero-order chi connectivity index (χ0) is 13.0. The van der Waals surface area contributed by atoms with Gasteiger partial charge in [-0.3, -0.25) is 0 Å². The first-order valence-electron chi connectivity index (χ1n) is 6.38. The molecule has 1 aliphatic rings. The molecule has 1 fully saturated rings. The largest absolute Gasteiger partial charge is 0.496 e. The van der Waals surface area contributed by atoms with Crippen LogP contribution in [0.4, 0.5) is 5.69 Å². The van der Waals surface area contributed by atoms with Crippen LogP contribution in [0.2, 0.25) is 0 Å². The Labute approximate surface area is 107 Å². The summed E-state index contributed by atoms with van der Waals surface area (Å²) >= 11 is 0. The van der Waals surface area contributed by atoms with E-state index in [-0.39, 0.29) is 5.56 Å². The van der Waals surface area contributed by atoms with Gasteiger partial charge in [0.1, 0.15) is 11.3 Å². The fourth-order valence-electron chi connectivity index (χ4n) is 2.38. The molecule has 0 radical (unpaired) electrons. The second-order valence-corrected chi connectivity index (χ2v) is 4.59. The molecule has 4 heteroatoms. The summed E-state index contributed by atoms with van der Waals surface area (Å²) in [6, 6.07) is 5.33. The first-order valence-corrected chi connectivity index (χ1v) is 6.38. The number of anilines is 1. The van der Waals surface area contributed by atoms with Crippen LogP contribution in [-0.2, 0) is 0 Å². The molecule has 0 saturated carbocycles. The summed E-state index contributed by atoms with van der Waals surface area (Å²) in [6.07, 6.45) is 4.95. The lowest BCUT2D eigenvalue weighted by Crippen LogP contribution is -2.23. The Balaban J connectivity index is 2.25. The summed E-state index contributed by atoms with van der Waals surface area (Å²) in [4.78, 5) is 13.3. The van der Waals surface area contributed by atoms with Crippen molar-refractivity contribution < 1.29 is 14.6 Å². The van der Waals surface area contributed by atoms with Crippen LogP contribution in [0.3, 0.4) is 0 Å². The van der Waals surface area contributed by atoms with Crippen LogP contribution < -0.4 is 9.64 Å². The van der Waals surface area contributed by atoms with Crippen LogP contribution in [0.25, 0.3) is 0 Å². The number of hydrogen-bond donors (Lipinski definition) is 1. The van der Waals surface area contributed by atoms with Crippen molar-refractivity contribution in [2.75, 3.05) is 25.1 Å². The summed E-state index contributed by atoms with van der Waals surface area (Å²) in [7, 11) is 1.51. The molecule has 18 heavy (non-hydrogen) atoms. The lowest BCUT2D eigenvalue weighted by atomic mass is 10.1. The van der Waals surface area contributed by atoms with E-state index in [9.17, 15) is 4.79 Å². The minimum Gasteiger partial charge on any atom is -0.496 e. The molecule has 1 saturated heterocycles. The Morgan fingerprint density at radius 3 is 2.44 bits per heavy atom. The van der Waals surface area contributed by atoms with E-state index in [0.29, 0.717) is 5.75 Å². The maximum Gasteiger partial charge on any atom is 0.339 e. The van der Waals surface area contributed by atoms with Crippen molar-refractivity contribution in [3.8, 4) is 5.75 Å². The minimum absolute atomic E-state index is 0.219. The lowest BCUT2D eigenvalue weighted by molar-refractivity contribution is 0.0693. The van der Waals surface area contributed by atoms with Gasteiger partial charge in [0.25, 0.3) is 0 Å². The maximum absolute atomic E-state index is 11.0. The topological polar surface area (TPSA) is 49.8 Å². The molecule has 1 N–H and O–H groups in total. The van der Waals surface area contributed by atoms with E-state index in [2.05, 4.69) is 4.90 Å². The van der Waals surface area contributed by atoms with Crippen molar-refractivity contribution in [1.29, 1.82) is 0 Å². The SMILES string of the molecule is COc1cc(N2CCCCCC2)ccc1C(=O)O. The van der Waals surface area contributed by atoms with Crippen LogP contribution >= 0.6 is 0 Å². The van der Waals surface area contributed by atoms with Gasteiger partial charge in [0, 0.05) is 24.8 Å². The molecule has 0 amide bonds. The van der Waals surface area contributed by atoms with Gasteiger partial charge in [0.2, 0.25) is 0 Å². The van der Waals surface area contributed by atoms with Crippen molar-refractivity contribution in [3.05, 3.63) is 23.8 Å². The molecular weight excluding hydrogens is 230 g/mol. The molecule has 1 heterocycles. The fourth-order valence-corrected chi connectivity index (χ4v) is 2.38. The number of carboxylic acid groups (broad SMARTS) is 1. The number of benzene rings is 1. The minimum atomic E-state index is -0.950. The zero-order valence-electron chi connectivity index (χ0n) is 10.7. The van der Waals surface area contributed by atoms with Crippen molar-refractivity contribution >= 4 is 11.7 Å². The normalized spacial score (nSPS) is 16.2. The number of methoxy groups -OCH3 is 1. The number of hydrogen-bond acceptors (Lipinski definition) is 3. The van der Waals surface area contributed by atoms with Crippen LogP contribution in [0.15, 0.2) is 18.2 Å². The van der Waals surface area contributed by atoms with Crippen molar-refractivity contribution in [3.63, 3.8) is 0 Å². The third-order valence-electron chi connectivity index (χ3n) is 3.39. The first kappa shape index (κ1) is 12.7. The third kappa shape index (κ3) is 2.75. The molecule has 0 unspecified atom stereocenters. The van der Waals surface area contributed by atoms with E-state index in [1.165, 1.54) is 32.8 Å². The average Bonchev–Trinajstić information content (AvgIpc) is 2.66. The fraction of sp³-hybridized carbons (Fsp3) is 0.500. The van der Waals surface area contributed by atoms with Gasteiger partial charge < -0.3 is 14.7 Å². The van der Waals surface area contributed by atoms with E-state index in [1.807, 2.05) is 12.1 Å². The Morgan fingerprint density at radius 1 is 1.22 bits per heavy atom. The summed E-state index contributed by atoms with van der Waals surface area (Å²) in [6.45, 7) is 2.07. The Bertz CT molecular complexity index is 423. The van der Waals surface area contributed by atoms with Crippen molar-refractivity contribution in [2.24, 2.45) is 0 Å². The van der Waals surface area contributed by atoms with Crippen molar-refractivity contribution in [1.82, 2.24) is 0 Å². The van der Waals surface area contributed by atoms with Gasteiger partial charge in [0.15, 0.2) is 0 Å². The molecule has 0 bridgehead atoms. The van der Waals surface area contributed by atoms with E-state index in [0.717, 1.165) is 18.8 Å². The van der Waals surface area contributed by atoms with Crippen molar-refractivity contribution in [2.45, 2.75) is 25.7 Å². The van der Waals surface area contributed by atoms with E-state index in [4.69, 9.17) is 9.84 Å². The molecule has 0 aromatic heterocycles. The molecular formula is C14H19NO3. The summed E-state index contributed by atoms with van der Waals surface area (Å²) in [5.74, 6) is -0.515. The quantitative estimate of drug-likeness (QED) is 0.895. The van der Waals surface area contributed by atoms with Gasteiger partial charge in [0.05, 0.1) is 7.11 Å². The summed E-state index contributed by atoms with van der Waals surface area (Å²) in [5.41, 5.74) is 1.27. The zero-order valence-corrected chi connectivity index (χ0v) is 10.7. The summed E-state index contributed by atoms with van der Waals surface area (Å²) in [5, 5.41) is 9.05. The van der Waals surface area contributed by atoms with E-state index in [1.54, 1.807) is 6.07 Å². The highest BCUT2D eigenvalue weighted by molar-refractivity contribution is 5.91. The molecule has 1 aromatic rings. The molecule has 1 aromatic carbocycles. The second-order valence-electron chi connectivity index (χ2n) is 4.59. The number of carboxylic acids is 1. The Morgan fingerprint density at radius 2 is 1.89 bits per heavy atom.